The Balaban J connectivity index is 2.06. The fraction of sp³-hybridized carbons (Fsp3) is 0.647. The Morgan fingerprint density at radius 2 is 1.85 bits per heavy atom. The second-order valence-electron chi connectivity index (χ2n) is 7.75. The highest BCUT2D eigenvalue weighted by Crippen LogP contribution is 2.61. The molecule has 1 saturated carbocycles. The van der Waals surface area contributed by atoms with E-state index in [-0.39, 0.29) is 16.5 Å². The van der Waals surface area contributed by atoms with Gasteiger partial charge in [-0.05, 0) is 46.6 Å². The van der Waals surface area contributed by atoms with Crippen LogP contribution in [0.15, 0.2) is 12.1 Å². The number of halogens is 1. The molecule has 1 aliphatic carbocycles. The number of rotatable bonds is 3. The van der Waals surface area contributed by atoms with Gasteiger partial charge >= 0.3 is 0 Å². The van der Waals surface area contributed by atoms with Crippen molar-refractivity contribution < 1.29 is 9.13 Å². The molecule has 0 N–H and O–H groups in total. The zero-order chi connectivity index (χ0) is 14.7. The second kappa shape index (κ2) is 4.25. The molecule has 3 heteroatoms. The van der Waals surface area contributed by atoms with E-state index in [9.17, 15) is 4.39 Å². The fourth-order valence-electron chi connectivity index (χ4n) is 3.66. The van der Waals surface area contributed by atoms with Crippen LogP contribution in [-0.4, -0.2) is 13.8 Å². The minimum Gasteiger partial charge on any atom is -0.497 e. The van der Waals surface area contributed by atoms with Crippen molar-refractivity contribution in [2.75, 3.05) is 7.11 Å². The lowest BCUT2D eigenvalue weighted by Gasteiger charge is -2.58. The molecule has 0 spiro atoms. The van der Waals surface area contributed by atoms with E-state index in [1.54, 1.807) is 13.2 Å². The highest BCUT2D eigenvalue weighted by molar-refractivity contribution is 6.79. The first-order valence-electron chi connectivity index (χ1n) is 7.65. The van der Waals surface area contributed by atoms with E-state index in [4.69, 9.17) is 4.74 Å². The van der Waals surface area contributed by atoms with Crippen molar-refractivity contribution in [1.29, 1.82) is 0 Å². The van der Waals surface area contributed by atoms with Crippen LogP contribution in [0.5, 0.6) is 5.75 Å². The van der Waals surface area contributed by atoms with E-state index >= 15 is 0 Å². The molecule has 3 rings (SSSR count). The Morgan fingerprint density at radius 3 is 2.30 bits per heavy atom. The van der Waals surface area contributed by atoms with Gasteiger partial charge in [0.1, 0.15) is 11.6 Å². The maximum Gasteiger partial charge on any atom is 0.186 e. The lowest BCUT2D eigenvalue weighted by Crippen LogP contribution is -2.60. The zero-order valence-electron chi connectivity index (χ0n) is 13.2. The van der Waals surface area contributed by atoms with Crippen LogP contribution < -0.4 is 10.2 Å². The van der Waals surface area contributed by atoms with Crippen molar-refractivity contribution in [2.24, 2.45) is 5.41 Å². The van der Waals surface area contributed by atoms with Crippen molar-refractivity contribution in [3.8, 4) is 5.75 Å². The number of methoxy groups -OCH3 is 1. The Bertz CT molecular complexity index is 546. The van der Waals surface area contributed by atoms with Crippen LogP contribution in [0.25, 0.3) is 0 Å². The monoisotopic (exact) mass is 274 g/mol. The molecule has 0 bridgehead atoms. The van der Waals surface area contributed by atoms with Crippen LogP contribution >= 0.6 is 0 Å². The minimum atomic E-state index is -0.0696. The van der Waals surface area contributed by atoms with Gasteiger partial charge in [0.15, 0.2) is 6.71 Å². The molecule has 0 unspecified atom stereocenters. The lowest BCUT2D eigenvalue weighted by molar-refractivity contribution is 0.242. The SMILES string of the molecule is COc1cc(F)c(B2CC(C)(C)C2(C)C)c(C2CC2)c1. The Morgan fingerprint density at radius 1 is 1.20 bits per heavy atom. The molecule has 1 aliphatic heterocycles. The highest BCUT2D eigenvalue weighted by Gasteiger charge is 2.58. The second-order valence-corrected chi connectivity index (χ2v) is 7.75. The molecule has 0 aromatic heterocycles. The van der Waals surface area contributed by atoms with Gasteiger partial charge in [-0.15, -0.1) is 0 Å². The average molecular weight is 274 g/mol. The molecule has 2 fully saturated rings. The van der Waals surface area contributed by atoms with Crippen LogP contribution in [0.3, 0.4) is 0 Å². The molecule has 1 nitrogen and oxygen atoms in total. The summed E-state index contributed by atoms with van der Waals surface area (Å²) in [6.07, 6.45) is 3.45. The van der Waals surface area contributed by atoms with Crippen LogP contribution in [0, 0.1) is 11.2 Å². The fourth-order valence-corrected chi connectivity index (χ4v) is 3.66. The topological polar surface area (TPSA) is 9.23 Å². The third-order valence-electron chi connectivity index (χ3n) is 6.07. The number of benzene rings is 1. The maximum atomic E-state index is 14.7. The summed E-state index contributed by atoms with van der Waals surface area (Å²) in [6.45, 7) is 9.48. The number of ether oxygens (including phenoxy) is 1. The first-order valence-corrected chi connectivity index (χ1v) is 7.65. The van der Waals surface area contributed by atoms with E-state index < -0.39 is 0 Å². The normalized spacial score (nSPS) is 23.4. The summed E-state index contributed by atoms with van der Waals surface area (Å²) < 4.78 is 19.9. The van der Waals surface area contributed by atoms with Crippen LogP contribution in [0.4, 0.5) is 4.39 Å². The van der Waals surface area contributed by atoms with Crippen molar-refractivity contribution in [3.63, 3.8) is 0 Å². The maximum absolute atomic E-state index is 14.7. The van der Waals surface area contributed by atoms with Gasteiger partial charge < -0.3 is 4.74 Å². The summed E-state index contributed by atoms with van der Waals surface area (Å²) in [4.78, 5) is 0. The molecule has 1 aromatic rings. The minimum absolute atomic E-state index is 0.0696. The quantitative estimate of drug-likeness (QED) is 0.749. The predicted octanol–water partition coefficient (Wildman–Crippen LogP) is 4.23. The summed E-state index contributed by atoms with van der Waals surface area (Å²) in [5, 5.41) is 0.145. The third-order valence-corrected chi connectivity index (χ3v) is 6.07. The van der Waals surface area contributed by atoms with Crippen LogP contribution in [0.1, 0.15) is 52.0 Å². The third kappa shape index (κ3) is 1.89. The standard InChI is InChI=1S/C17H24BFO/c1-16(2)10-18(17(16,3)4)15-13(11-6-7-11)8-12(20-5)9-14(15)19/h8-9,11H,6-7,10H2,1-5H3. The molecule has 0 radical (unpaired) electrons. The highest BCUT2D eigenvalue weighted by atomic mass is 19.1. The molecule has 20 heavy (non-hydrogen) atoms. The first-order chi connectivity index (χ1) is 9.28. The lowest BCUT2D eigenvalue weighted by atomic mass is 9.12. The molecule has 2 aliphatic rings. The van der Waals surface area contributed by atoms with Gasteiger partial charge in [-0.1, -0.05) is 34.0 Å². The Labute approximate surface area is 122 Å². The first kappa shape index (κ1) is 14.0. The molecule has 1 saturated heterocycles. The molecular formula is C17H24BFO. The molecule has 0 atom stereocenters. The zero-order valence-corrected chi connectivity index (χ0v) is 13.2. The molecule has 1 aromatic carbocycles. The summed E-state index contributed by atoms with van der Waals surface area (Å²) in [5.74, 6) is 1.14. The van der Waals surface area contributed by atoms with Crippen molar-refractivity contribution >= 4 is 12.2 Å². The largest absolute Gasteiger partial charge is 0.497 e. The molecule has 1 heterocycles. The van der Waals surface area contributed by atoms with Gasteiger partial charge in [0, 0.05) is 6.07 Å². The van der Waals surface area contributed by atoms with Crippen molar-refractivity contribution in [2.45, 2.75) is 58.1 Å². The molecule has 108 valence electrons. The van der Waals surface area contributed by atoms with Gasteiger partial charge in [-0.25, -0.2) is 4.39 Å². The summed E-state index contributed by atoms with van der Waals surface area (Å²) in [5.41, 5.74) is 2.46. The molecular weight excluding hydrogens is 250 g/mol. The number of hydrogen-bond acceptors (Lipinski definition) is 1. The predicted molar refractivity (Wildman–Crippen MR) is 82.9 cm³/mol. The van der Waals surface area contributed by atoms with Gasteiger partial charge in [0.25, 0.3) is 0 Å². The van der Waals surface area contributed by atoms with Crippen molar-refractivity contribution in [1.82, 2.24) is 0 Å². The van der Waals surface area contributed by atoms with E-state index in [2.05, 4.69) is 33.8 Å². The van der Waals surface area contributed by atoms with Gasteiger partial charge in [0.2, 0.25) is 0 Å². The van der Waals surface area contributed by atoms with Crippen molar-refractivity contribution in [3.05, 3.63) is 23.5 Å². The Hall–Kier alpha value is -0.985. The molecule has 0 amide bonds. The van der Waals surface area contributed by atoms with Gasteiger partial charge in [-0.3, -0.25) is 0 Å². The van der Waals surface area contributed by atoms with Gasteiger partial charge in [0.05, 0.1) is 7.11 Å². The summed E-state index contributed by atoms with van der Waals surface area (Å²) in [7, 11) is 1.61. The van der Waals surface area contributed by atoms with Gasteiger partial charge in [-0.2, -0.15) is 0 Å². The van der Waals surface area contributed by atoms with E-state index in [1.807, 2.05) is 0 Å². The van der Waals surface area contributed by atoms with E-state index in [0.717, 1.165) is 11.8 Å². The van der Waals surface area contributed by atoms with E-state index in [0.29, 0.717) is 18.4 Å². The summed E-state index contributed by atoms with van der Waals surface area (Å²) in [6, 6.07) is 3.63. The number of hydrogen-bond donors (Lipinski definition) is 0. The smallest absolute Gasteiger partial charge is 0.186 e. The van der Waals surface area contributed by atoms with Crippen LogP contribution in [0.2, 0.25) is 11.6 Å². The average Bonchev–Trinajstić information content (AvgIpc) is 3.19. The van der Waals surface area contributed by atoms with Crippen LogP contribution in [-0.2, 0) is 0 Å². The Kier molecular flexibility index (Phi) is 2.97. The summed E-state index contributed by atoms with van der Waals surface area (Å²) >= 11 is 0. The van der Waals surface area contributed by atoms with E-state index in [1.165, 1.54) is 18.4 Å².